The molecule has 1 aromatic carbocycles. The van der Waals surface area contributed by atoms with Gasteiger partial charge in [-0.3, -0.25) is 4.79 Å². The fourth-order valence-corrected chi connectivity index (χ4v) is 3.80. The Morgan fingerprint density at radius 3 is 2.46 bits per heavy atom. The molecular formula is C16H19N3O4S. The molecule has 0 spiro atoms. The highest BCUT2D eigenvalue weighted by molar-refractivity contribution is 7.16. The van der Waals surface area contributed by atoms with Crippen LogP contribution in [0.5, 0.6) is 17.2 Å². The van der Waals surface area contributed by atoms with E-state index in [0.717, 1.165) is 15.6 Å². The van der Waals surface area contributed by atoms with E-state index in [-0.39, 0.29) is 11.8 Å². The maximum atomic E-state index is 12.1. The number of ether oxygens (including phenoxy) is 3. The van der Waals surface area contributed by atoms with E-state index in [4.69, 9.17) is 14.2 Å². The van der Waals surface area contributed by atoms with Crippen molar-refractivity contribution in [1.82, 2.24) is 4.98 Å². The van der Waals surface area contributed by atoms with Crippen LogP contribution >= 0.6 is 11.3 Å². The molecule has 0 fully saturated rings. The third kappa shape index (κ3) is 2.73. The molecule has 8 heteroatoms. The number of carbonyl (C=O) groups is 1. The molecule has 1 unspecified atom stereocenters. The van der Waals surface area contributed by atoms with Crippen molar-refractivity contribution < 1.29 is 19.0 Å². The average Bonchev–Trinajstić information content (AvgIpc) is 3.02. The lowest BCUT2D eigenvalue weighted by Gasteiger charge is -2.24. The highest BCUT2D eigenvalue weighted by atomic mass is 32.1. The number of thiazole rings is 1. The van der Waals surface area contributed by atoms with Gasteiger partial charge in [-0.25, -0.2) is 4.98 Å². The van der Waals surface area contributed by atoms with Gasteiger partial charge in [0, 0.05) is 31.0 Å². The number of aromatic nitrogens is 1. The Labute approximate surface area is 143 Å². The first-order valence-electron chi connectivity index (χ1n) is 7.39. The number of amides is 1. The number of methoxy groups -OCH3 is 3. The maximum absolute atomic E-state index is 12.1. The minimum absolute atomic E-state index is 0.0720. The minimum Gasteiger partial charge on any atom is -0.496 e. The maximum Gasteiger partial charge on any atom is 0.226 e. The summed E-state index contributed by atoms with van der Waals surface area (Å²) in [7, 11) is 6.56. The number of nitrogens with one attached hydrogen (secondary N) is 2. The van der Waals surface area contributed by atoms with Crippen molar-refractivity contribution in [1.29, 1.82) is 0 Å². The number of fused-ring (bicyclic) bond motifs is 1. The molecule has 1 atom stereocenters. The van der Waals surface area contributed by atoms with E-state index in [2.05, 4.69) is 15.6 Å². The predicted molar refractivity (Wildman–Crippen MR) is 92.8 cm³/mol. The van der Waals surface area contributed by atoms with Crippen LogP contribution in [-0.4, -0.2) is 39.3 Å². The Hall–Kier alpha value is -2.48. The molecule has 1 aromatic heterocycles. The van der Waals surface area contributed by atoms with Crippen LogP contribution in [0.1, 0.15) is 22.8 Å². The van der Waals surface area contributed by atoms with Gasteiger partial charge in [-0.1, -0.05) is 11.3 Å². The van der Waals surface area contributed by atoms with Crippen molar-refractivity contribution >= 4 is 28.2 Å². The van der Waals surface area contributed by atoms with Crippen LogP contribution in [0.2, 0.25) is 0 Å². The second-order valence-corrected chi connectivity index (χ2v) is 6.27. The Bertz CT molecular complexity index is 775. The zero-order valence-electron chi connectivity index (χ0n) is 13.9. The summed E-state index contributed by atoms with van der Waals surface area (Å²) in [5.41, 5.74) is 0.873. The monoisotopic (exact) mass is 349 g/mol. The van der Waals surface area contributed by atoms with Crippen LogP contribution in [0.4, 0.5) is 10.9 Å². The molecule has 2 N–H and O–H groups in total. The van der Waals surface area contributed by atoms with Crippen LogP contribution in [0.3, 0.4) is 0 Å². The smallest absolute Gasteiger partial charge is 0.226 e. The Balaban J connectivity index is 2.14. The van der Waals surface area contributed by atoms with Crippen molar-refractivity contribution in [2.75, 3.05) is 39.0 Å². The summed E-state index contributed by atoms with van der Waals surface area (Å²) in [5.74, 6) is 2.21. The second kappa shape index (κ2) is 6.56. The van der Waals surface area contributed by atoms with E-state index in [1.54, 1.807) is 34.4 Å². The fourth-order valence-electron chi connectivity index (χ4n) is 2.80. The third-order valence-electron chi connectivity index (χ3n) is 3.94. The van der Waals surface area contributed by atoms with Gasteiger partial charge in [-0.2, -0.15) is 0 Å². The Kier molecular flexibility index (Phi) is 4.48. The van der Waals surface area contributed by atoms with E-state index in [1.807, 2.05) is 6.07 Å². The zero-order valence-corrected chi connectivity index (χ0v) is 14.7. The molecule has 0 saturated heterocycles. The van der Waals surface area contributed by atoms with Gasteiger partial charge in [0.15, 0.2) is 16.6 Å². The lowest BCUT2D eigenvalue weighted by Crippen LogP contribution is -2.23. The fraction of sp³-hybridized carbons (Fsp3) is 0.375. The SMILES string of the molecule is CNc1nc2c(s1)C(c1cc(OC)c(OC)cc1OC)CC(=O)N2. The molecule has 128 valence electrons. The molecular weight excluding hydrogens is 330 g/mol. The predicted octanol–water partition coefficient (Wildman–Crippen LogP) is 2.68. The minimum atomic E-state index is -0.150. The van der Waals surface area contributed by atoms with Crippen molar-refractivity contribution in [2.45, 2.75) is 12.3 Å². The van der Waals surface area contributed by atoms with E-state index >= 15 is 0 Å². The first-order valence-corrected chi connectivity index (χ1v) is 8.21. The molecule has 0 bridgehead atoms. The van der Waals surface area contributed by atoms with Gasteiger partial charge < -0.3 is 24.8 Å². The number of hydrogen-bond acceptors (Lipinski definition) is 7. The number of nitrogens with zero attached hydrogens (tertiary/aromatic N) is 1. The van der Waals surface area contributed by atoms with Gasteiger partial charge in [0.05, 0.1) is 26.2 Å². The van der Waals surface area contributed by atoms with Crippen LogP contribution in [-0.2, 0) is 4.79 Å². The average molecular weight is 349 g/mol. The molecule has 0 saturated carbocycles. The summed E-state index contributed by atoms with van der Waals surface area (Å²) in [6.45, 7) is 0. The largest absolute Gasteiger partial charge is 0.496 e. The van der Waals surface area contributed by atoms with Gasteiger partial charge in [0.25, 0.3) is 0 Å². The molecule has 1 amide bonds. The summed E-state index contributed by atoms with van der Waals surface area (Å²) < 4.78 is 16.3. The summed E-state index contributed by atoms with van der Waals surface area (Å²) in [6, 6.07) is 3.64. The highest BCUT2D eigenvalue weighted by Gasteiger charge is 2.33. The van der Waals surface area contributed by atoms with E-state index in [1.165, 1.54) is 11.3 Å². The molecule has 0 aliphatic carbocycles. The van der Waals surface area contributed by atoms with Crippen LogP contribution < -0.4 is 24.8 Å². The third-order valence-corrected chi connectivity index (χ3v) is 5.13. The van der Waals surface area contributed by atoms with E-state index in [9.17, 15) is 4.79 Å². The van der Waals surface area contributed by atoms with Crippen molar-refractivity contribution in [3.8, 4) is 17.2 Å². The molecule has 3 rings (SSSR count). The number of benzene rings is 1. The summed E-state index contributed by atoms with van der Waals surface area (Å²) in [6.07, 6.45) is 0.324. The number of hydrogen-bond donors (Lipinski definition) is 2. The Morgan fingerprint density at radius 1 is 1.17 bits per heavy atom. The van der Waals surface area contributed by atoms with Gasteiger partial charge in [-0.15, -0.1) is 0 Å². The molecule has 2 heterocycles. The number of anilines is 2. The molecule has 0 radical (unpaired) electrons. The summed E-state index contributed by atoms with van der Waals surface area (Å²) >= 11 is 1.52. The van der Waals surface area contributed by atoms with Crippen molar-refractivity contribution in [2.24, 2.45) is 0 Å². The standard InChI is InChI=1S/C16H19N3O4S/c1-17-16-19-15-14(24-16)9(6-13(20)18-15)8-5-11(22-3)12(23-4)7-10(8)21-2/h5,7,9H,6H2,1-4H3,(H,17,19)(H,18,20). The number of rotatable bonds is 5. The van der Waals surface area contributed by atoms with Crippen LogP contribution in [0.15, 0.2) is 12.1 Å². The van der Waals surface area contributed by atoms with Gasteiger partial charge in [0.1, 0.15) is 11.6 Å². The van der Waals surface area contributed by atoms with Crippen LogP contribution in [0.25, 0.3) is 0 Å². The lowest BCUT2D eigenvalue weighted by molar-refractivity contribution is -0.116. The van der Waals surface area contributed by atoms with Gasteiger partial charge in [0.2, 0.25) is 5.91 Å². The molecule has 1 aliphatic heterocycles. The van der Waals surface area contributed by atoms with Crippen molar-refractivity contribution in [3.63, 3.8) is 0 Å². The van der Waals surface area contributed by atoms with Crippen LogP contribution in [0, 0.1) is 0 Å². The summed E-state index contributed by atoms with van der Waals surface area (Å²) in [5, 5.41) is 6.60. The molecule has 24 heavy (non-hydrogen) atoms. The normalized spacial score (nSPS) is 16.2. The quantitative estimate of drug-likeness (QED) is 0.864. The van der Waals surface area contributed by atoms with Crippen molar-refractivity contribution in [3.05, 3.63) is 22.6 Å². The first-order chi connectivity index (χ1) is 11.6. The van der Waals surface area contributed by atoms with Gasteiger partial charge >= 0.3 is 0 Å². The lowest BCUT2D eigenvalue weighted by atomic mass is 9.90. The highest BCUT2D eigenvalue weighted by Crippen LogP contribution is 2.47. The molecule has 1 aliphatic rings. The molecule has 7 nitrogen and oxygen atoms in total. The number of carbonyl (C=O) groups excluding carboxylic acids is 1. The molecule has 2 aromatic rings. The van der Waals surface area contributed by atoms with E-state index < -0.39 is 0 Å². The first kappa shape index (κ1) is 16.4. The zero-order chi connectivity index (χ0) is 17.3. The topological polar surface area (TPSA) is 81.7 Å². The van der Waals surface area contributed by atoms with Gasteiger partial charge in [-0.05, 0) is 6.07 Å². The second-order valence-electron chi connectivity index (χ2n) is 5.24. The summed E-state index contributed by atoms with van der Waals surface area (Å²) in [4.78, 5) is 17.5. The van der Waals surface area contributed by atoms with E-state index in [0.29, 0.717) is 29.5 Å². The Morgan fingerprint density at radius 2 is 1.83 bits per heavy atom.